The summed E-state index contributed by atoms with van der Waals surface area (Å²) in [6.45, 7) is 1.88. The van der Waals surface area contributed by atoms with E-state index in [1.807, 2.05) is 19.1 Å². The van der Waals surface area contributed by atoms with Crippen LogP contribution in [0.3, 0.4) is 0 Å². The second-order valence-corrected chi connectivity index (χ2v) is 3.81. The lowest BCUT2D eigenvalue weighted by atomic mass is 10.1. The molecule has 84 valence electrons. The van der Waals surface area contributed by atoms with Crippen LogP contribution in [0.5, 0.6) is 0 Å². The molecule has 17 heavy (non-hydrogen) atoms. The van der Waals surface area contributed by atoms with Gasteiger partial charge in [-0.05, 0) is 18.6 Å². The lowest BCUT2D eigenvalue weighted by Crippen LogP contribution is -1.97. The number of aromatic amines is 1. The van der Waals surface area contributed by atoms with Crippen LogP contribution in [0.4, 0.5) is 0 Å². The molecule has 0 radical (unpaired) electrons. The molecule has 1 aromatic carbocycles. The van der Waals surface area contributed by atoms with Crippen molar-refractivity contribution in [1.29, 1.82) is 0 Å². The minimum Gasteiger partial charge on any atom is -0.423 e. The van der Waals surface area contributed by atoms with Gasteiger partial charge in [-0.1, -0.05) is 12.1 Å². The van der Waals surface area contributed by atoms with Crippen LogP contribution >= 0.6 is 0 Å². The second kappa shape index (κ2) is 3.55. The Balaban J connectivity index is 2.29. The molecular formula is C12H9N3O2. The number of nitrogens with zero attached hydrogens (tertiary/aromatic N) is 2. The van der Waals surface area contributed by atoms with Crippen molar-refractivity contribution >= 4 is 11.0 Å². The van der Waals surface area contributed by atoms with Gasteiger partial charge in [0.25, 0.3) is 0 Å². The number of rotatable bonds is 1. The maximum atomic E-state index is 11.3. The zero-order chi connectivity index (χ0) is 11.8. The van der Waals surface area contributed by atoms with E-state index in [2.05, 4.69) is 15.4 Å². The summed E-state index contributed by atoms with van der Waals surface area (Å²) in [7, 11) is 0. The predicted molar refractivity (Wildman–Crippen MR) is 62.6 cm³/mol. The highest BCUT2D eigenvalue weighted by Crippen LogP contribution is 2.23. The van der Waals surface area contributed by atoms with Crippen molar-refractivity contribution in [1.82, 2.24) is 15.4 Å². The largest absolute Gasteiger partial charge is 0.423 e. The average molecular weight is 227 g/mol. The Hall–Kier alpha value is -2.43. The van der Waals surface area contributed by atoms with Crippen molar-refractivity contribution in [2.75, 3.05) is 0 Å². The predicted octanol–water partition coefficient (Wildman–Crippen LogP) is 1.89. The number of fused-ring (bicyclic) bond motifs is 1. The summed E-state index contributed by atoms with van der Waals surface area (Å²) in [4.78, 5) is 11.3. The molecule has 0 spiro atoms. The van der Waals surface area contributed by atoms with Gasteiger partial charge in [0.1, 0.15) is 11.3 Å². The minimum atomic E-state index is -0.340. The normalized spacial score (nSPS) is 10.9. The van der Waals surface area contributed by atoms with E-state index in [-0.39, 0.29) is 5.63 Å². The summed E-state index contributed by atoms with van der Waals surface area (Å²) in [6, 6.07) is 7.12. The average Bonchev–Trinajstić information content (AvgIpc) is 2.81. The molecule has 2 aromatic heterocycles. The topological polar surface area (TPSA) is 71.8 Å². The van der Waals surface area contributed by atoms with Crippen molar-refractivity contribution in [3.05, 3.63) is 46.4 Å². The summed E-state index contributed by atoms with van der Waals surface area (Å²) in [5.74, 6) is 0. The maximum Gasteiger partial charge on any atom is 0.336 e. The van der Waals surface area contributed by atoms with Crippen LogP contribution < -0.4 is 5.63 Å². The Morgan fingerprint density at radius 1 is 1.29 bits per heavy atom. The van der Waals surface area contributed by atoms with E-state index >= 15 is 0 Å². The van der Waals surface area contributed by atoms with Crippen molar-refractivity contribution < 1.29 is 4.42 Å². The van der Waals surface area contributed by atoms with Crippen molar-refractivity contribution in [3.63, 3.8) is 0 Å². The maximum absolute atomic E-state index is 11.3. The monoisotopic (exact) mass is 227 g/mol. The van der Waals surface area contributed by atoms with E-state index in [0.29, 0.717) is 5.58 Å². The molecule has 3 aromatic rings. The molecule has 2 heterocycles. The van der Waals surface area contributed by atoms with Crippen LogP contribution in [-0.2, 0) is 0 Å². The molecule has 0 aliphatic rings. The van der Waals surface area contributed by atoms with Crippen LogP contribution in [0.1, 0.15) is 5.56 Å². The van der Waals surface area contributed by atoms with Crippen LogP contribution in [0, 0.1) is 6.92 Å². The number of H-pyrrole nitrogens is 1. The fourth-order valence-electron chi connectivity index (χ4n) is 1.82. The van der Waals surface area contributed by atoms with Gasteiger partial charge in [-0.2, -0.15) is 15.4 Å². The third-order valence-electron chi connectivity index (χ3n) is 2.66. The van der Waals surface area contributed by atoms with Gasteiger partial charge in [-0.3, -0.25) is 0 Å². The first-order valence-electron chi connectivity index (χ1n) is 5.15. The molecule has 0 unspecified atom stereocenters. The molecule has 3 rings (SSSR count). The van der Waals surface area contributed by atoms with E-state index in [0.717, 1.165) is 22.2 Å². The van der Waals surface area contributed by atoms with E-state index in [1.54, 1.807) is 12.3 Å². The lowest BCUT2D eigenvalue weighted by Gasteiger charge is -2.01. The summed E-state index contributed by atoms with van der Waals surface area (Å²) < 4.78 is 5.17. The Bertz CT molecular complexity index is 729. The summed E-state index contributed by atoms with van der Waals surface area (Å²) in [6.07, 6.45) is 1.62. The molecule has 0 aliphatic heterocycles. The van der Waals surface area contributed by atoms with Gasteiger partial charge in [-0.15, -0.1) is 0 Å². The van der Waals surface area contributed by atoms with Crippen LogP contribution in [0.2, 0.25) is 0 Å². The molecule has 5 heteroatoms. The van der Waals surface area contributed by atoms with Crippen LogP contribution in [-0.4, -0.2) is 15.4 Å². The van der Waals surface area contributed by atoms with Crippen molar-refractivity contribution in [3.8, 4) is 11.3 Å². The van der Waals surface area contributed by atoms with E-state index in [4.69, 9.17) is 4.42 Å². The van der Waals surface area contributed by atoms with Gasteiger partial charge in [0, 0.05) is 17.0 Å². The molecule has 0 saturated heterocycles. The summed E-state index contributed by atoms with van der Waals surface area (Å²) in [5.41, 5.74) is 2.71. The van der Waals surface area contributed by atoms with Gasteiger partial charge in [0.2, 0.25) is 0 Å². The number of aryl methyl sites for hydroxylation is 1. The minimum absolute atomic E-state index is 0.340. The number of hydrogen-bond acceptors (Lipinski definition) is 4. The molecular weight excluding hydrogens is 218 g/mol. The highest BCUT2D eigenvalue weighted by molar-refractivity contribution is 5.84. The van der Waals surface area contributed by atoms with Gasteiger partial charge >= 0.3 is 5.63 Å². The number of aromatic nitrogens is 3. The van der Waals surface area contributed by atoms with Gasteiger partial charge in [0.05, 0.1) is 6.20 Å². The van der Waals surface area contributed by atoms with Crippen LogP contribution in [0.15, 0.2) is 39.7 Å². The van der Waals surface area contributed by atoms with Crippen molar-refractivity contribution in [2.24, 2.45) is 0 Å². The number of hydrogen-bond donors (Lipinski definition) is 1. The highest BCUT2D eigenvalue weighted by Gasteiger charge is 2.06. The Labute approximate surface area is 96.1 Å². The Kier molecular flexibility index (Phi) is 2.04. The number of benzene rings is 1. The van der Waals surface area contributed by atoms with E-state index in [1.165, 1.54) is 6.07 Å². The first-order chi connectivity index (χ1) is 8.24. The molecule has 0 amide bonds. The fraction of sp³-hybridized carbons (Fsp3) is 0.0833. The molecule has 0 saturated carbocycles. The Morgan fingerprint density at radius 2 is 2.18 bits per heavy atom. The summed E-state index contributed by atoms with van der Waals surface area (Å²) in [5, 5.41) is 11.2. The quantitative estimate of drug-likeness (QED) is 0.644. The lowest BCUT2D eigenvalue weighted by molar-refractivity contribution is 0.560. The van der Waals surface area contributed by atoms with Gasteiger partial charge in [-0.25, -0.2) is 4.79 Å². The van der Waals surface area contributed by atoms with Gasteiger partial charge in [0.15, 0.2) is 0 Å². The SMILES string of the molecule is Cc1cc(=O)oc2cc(-c3cn[nH]n3)ccc12. The van der Waals surface area contributed by atoms with Crippen LogP contribution in [0.25, 0.3) is 22.2 Å². The summed E-state index contributed by atoms with van der Waals surface area (Å²) >= 11 is 0. The Morgan fingerprint density at radius 3 is 2.94 bits per heavy atom. The molecule has 0 aliphatic carbocycles. The molecule has 0 bridgehead atoms. The molecule has 0 atom stereocenters. The first kappa shape index (κ1) is 9.77. The van der Waals surface area contributed by atoms with E-state index in [9.17, 15) is 4.79 Å². The first-order valence-corrected chi connectivity index (χ1v) is 5.15. The molecule has 5 nitrogen and oxygen atoms in total. The second-order valence-electron chi connectivity index (χ2n) is 3.81. The standard InChI is InChI=1S/C12H9N3O2/c1-7-4-12(16)17-11-5-8(2-3-9(7)11)10-6-13-15-14-10/h2-6H,1H3,(H,13,14,15). The molecule has 0 fully saturated rings. The zero-order valence-corrected chi connectivity index (χ0v) is 9.10. The number of nitrogens with one attached hydrogen (secondary N) is 1. The zero-order valence-electron chi connectivity index (χ0n) is 9.10. The third kappa shape index (κ3) is 1.61. The third-order valence-corrected chi connectivity index (χ3v) is 2.66. The van der Waals surface area contributed by atoms with Gasteiger partial charge < -0.3 is 4.42 Å². The van der Waals surface area contributed by atoms with Crippen molar-refractivity contribution in [2.45, 2.75) is 6.92 Å². The fourth-order valence-corrected chi connectivity index (χ4v) is 1.82. The van der Waals surface area contributed by atoms with E-state index < -0.39 is 0 Å². The smallest absolute Gasteiger partial charge is 0.336 e. The molecule has 1 N–H and O–H groups in total. The highest BCUT2D eigenvalue weighted by atomic mass is 16.4.